The standard InChI is InChI=1S/C14H22N2O2/c1-9-7-12(8-10(2)14(9)18-4)16-13(17)6-5-11(3)15/h7-8,11H,5-6,15H2,1-4H3,(H,16,17). The van der Waals surface area contributed by atoms with Crippen LogP contribution in [0.1, 0.15) is 30.9 Å². The molecule has 0 bridgehead atoms. The van der Waals surface area contributed by atoms with Gasteiger partial charge in [0.25, 0.3) is 0 Å². The first-order valence-corrected chi connectivity index (χ1v) is 6.14. The van der Waals surface area contributed by atoms with Crippen LogP contribution in [0.25, 0.3) is 0 Å². The Bertz CT molecular complexity index is 405. The molecular formula is C14H22N2O2. The average molecular weight is 250 g/mol. The maximum Gasteiger partial charge on any atom is 0.224 e. The van der Waals surface area contributed by atoms with Gasteiger partial charge in [0.1, 0.15) is 5.75 Å². The first-order valence-electron chi connectivity index (χ1n) is 6.14. The number of rotatable bonds is 5. The Labute approximate surface area is 109 Å². The van der Waals surface area contributed by atoms with E-state index < -0.39 is 0 Å². The van der Waals surface area contributed by atoms with E-state index in [4.69, 9.17) is 10.5 Å². The molecular weight excluding hydrogens is 228 g/mol. The Hall–Kier alpha value is -1.55. The molecule has 1 aromatic rings. The molecule has 3 N–H and O–H groups in total. The lowest BCUT2D eigenvalue weighted by atomic mass is 10.1. The summed E-state index contributed by atoms with van der Waals surface area (Å²) in [5, 5.41) is 2.88. The van der Waals surface area contributed by atoms with Crippen molar-refractivity contribution >= 4 is 11.6 Å². The van der Waals surface area contributed by atoms with Gasteiger partial charge in [-0.05, 0) is 50.5 Å². The molecule has 1 rings (SSSR count). The normalized spacial score (nSPS) is 12.1. The van der Waals surface area contributed by atoms with Gasteiger partial charge in [-0.3, -0.25) is 4.79 Å². The number of amides is 1. The number of anilines is 1. The summed E-state index contributed by atoms with van der Waals surface area (Å²) in [7, 11) is 1.65. The molecule has 0 saturated carbocycles. The quantitative estimate of drug-likeness (QED) is 0.843. The molecule has 0 fully saturated rings. The largest absolute Gasteiger partial charge is 0.496 e. The van der Waals surface area contributed by atoms with Gasteiger partial charge in [0.2, 0.25) is 5.91 Å². The van der Waals surface area contributed by atoms with Crippen LogP contribution in [-0.2, 0) is 4.79 Å². The zero-order valence-electron chi connectivity index (χ0n) is 11.5. The third-order valence-electron chi connectivity index (χ3n) is 2.77. The minimum absolute atomic E-state index is 0.00346. The molecule has 4 nitrogen and oxygen atoms in total. The molecule has 4 heteroatoms. The third-order valence-corrected chi connectivity index (χ3v) is 2.77. The Morgan fingerprint density at radius 2 is 1.94 bits per heavy atom. The summed E-state index contributed by atoms with van der Waals surface area (Å²) in [6.45, 7) is 5.82. The van der Waals surface area contributed by atoms with E-state index in [-0.39, 0.29) is 11.9 Å². The van der Waals surface area contributed by atoms with Crippen LogP contribution in [0.15, 0.2) is 12.1 Å². The van der Waals surface area contributed by atoms with Crippen LogP contribution >= 0.6 is 0 Å². The summed E-state index contributed by atoms with van der Waals surface area (Å²) in [4.78, 5) is 11.7. The Balaban J connectivity index is 2.71. The van der Waals surface area contributed by atoms with Gasteiger partial charge < -0.3 is 15.8 Å². The van der Waals surface area contributed by atoms with Gasteiger partial charge in [0.05, 0.1) is 7.11 Å². The van der Waals surface area contributed by atoms with Crippen molar-refractivity contribution in [1.29, 1.82) is 0 Å². The second kappa shape index (κ2) is 6.40. The molecule has 1 atom stereocenters. The van der Waals surface area contributed by atoms with Gasteiger partial charge in [-0.15, -0.1) is 0 Å². The van der Waals surface area contributed by atoms with Gasteiger partial charge >= 0.3 is 0 Å². The molecule has 18 heavy (non-hydrogen) atoms. The maximum absolute atomic E-state index is 11.7. The van der Waals surface area contributed by atoms with E-state index in [9.17, 15) is 4.79 Å². The van der Waals surface area contributed by atoms with Crippen LogP contribution in [0.5, 0.6) is 5.75 Å². The number of hydrogen-bond acceptors (Lipinski definition) is 3. The predicted octanol–water partition coefficient (Wildman–Crippen LogP) is 2.38. The van der Waals surface area contributed by atoms with Crippen molar-refractivity contribution in [3.05, 3.63) is 23.3 Å². The molecule has 1 amide bonds. The predicted molar refractivity (Wildman–Crippen MR) is 74.0 cm³/mol. The van der Waals surface area contributed by atoms with Crippen molar-refractivity contribution in [2.45, 2.75) is 39.7 Å². The van der Waals surface area contributed by atoms with Crippen LogP contribution in [0.3, 0.4) is 0 Å². The first kappa shape index (κ1) is 14.5. The second-order valence-electron chi connectivity index (χ2n) is 4.71. The van der Waals surface area contributed by atoms with Gasteiger partial charge in [0, 0.05) is 18.2 Å². The Morgan fingerprint density at radius 3 is 2.39 bits per heavy atom. The maximum atomic E-state index is 11.7. The second-order valence-corrected chi connectivity index (χ2v) is 4.71. The third kappa shape index (κ3) is 4.04. The smallest absolute Gasteiger partial charge is 0.224 e. The minimum atomic E-state index is -0.00346. The molecule has 0 aliphatic rings. The monoisotopic (exact) mass is 250 g/mol. The zero-order valence-corrected chi connectivity index (χ0v) is 11.5. The Kier molecular flexibility index (Phi) is 5.16. The van der Waals surface area contributed by atoms with E-state index in [0.29, 0.717) is 12.8 Å². The van der Waals surface area contributed by atoms with Gasteiger partial charge in [-0.25, -0.2) is 0 Å². The van der Waals surface area contributed by atoms with E-state index in [1.54, 1.807) is 7.11 Å². The summed E-state index contributed by atoms with van der Waals surface area (Å²) in [5.74, 6) is 0.861. The highest BCUT2D eigenvalue weighted by Gasteiger charge is 2.08. The summed E-state index contributed by atoms with van der Waals surface area (Å²) in [6.07, 6.45) is 1.14. The van der Waals surface area contributed by atoms with Crippen LogP contribution < -0.4 is 15.8 Å². The van der Waals surface area contributed by atoms with E-state index >= 15 is 0 Å². The van der Waals surface area contributed by atoms with Crippen molar-refractivity contribution in [2.75, 3.05) is 12.4 Å². The van der Waals surface area contributed by atoms with Crippen molar-refractivity contribution in [3.8, 4) is 5.75 Å². The molecule has 0 aliphatic heterocycles. The van der Waals surface area contributed by atoms with Crippen LogP contribution in [0.2, 0.25) is 0 Å². The molecule has 0 saturated heterocycles. The zero-order chi connectivity index (χ0) is 13.7. The number of carbonyl (C=O) groups excluding carboxylic acids is 1. The fourth-order valence-corrected chi connectivity index (χ4v) is 1.93. The van der Waals surface area contributed by atoms with E-state index in [2.05, 4.69) is 5.32 Å². The lowest BCUT2D eigenvalue weighted by Crippen LogP contribution is -2.19. The minimum Gasteiger partial charge on any atom is -0.496 e. The van der Waals surface area contributed by atoms with Gasteiger partial charge in [-0.2, -0.15) is 0 Å². The number of aryl methyl sites for hydroxylation is 2. The van der Waals surface area contributed by atoms with Crippen LogP contribution in [0, 0.1) is 13.8 Å². The number of methoxy groups -OCH3 is 1. The number of hydrogen-bond donors (Lipinski definition) is 2. The van der Waals surface area contributed by atoms with Crippen molar-refractivity contribution in [1.82, 2.24) is 0 Å². The molecule has 0 aromatic heterocycles. The van der Waals surface area contributed by atoms with Gasteiger partial charge in [-0.1, -0.05) is 0 Å². The van der Waals surface area contributed by atoms with Crippen molar-refractivity contribution < 1.29 is 9.53 Å². The fraction of sp³-hybridized carbons (Fsp3) is 0.500. The number of ether oxygens (including phenoxy) is 1. The lowest BCUT2D eigenvalue weighted by Gasteiger charge is -2.12. The molecule has 1 unspecified atom stereocenters. The van der Waals surface area contributed by atoms with Crippen LogP contribution in [0.4, 0.5) is 5.69 Å². The molecule has 0 radical (unpaired) electrons. The highest BCUT2D eigenvalue weighted by atomic mass is 16.5. The first-order chi connectivity index (χ1) is 8.43. The molecule has 0 spiro atoms. The van der Waals surface area contributed by atoms with E-state index in [1.165, 1.54) is 0 Å². The fourth-order valence-electron chi connectivity index (χ4n) is 1.93. The number of nitrogens with one attached hydrogen (secondary N) is 1. The molecule has 100 valence electrons. The lowest BCUT2D eigenvalue weighted by molar-refractivity contribution is -0.116. The van der Waals surface area contributed by atoms with E-state index in [1.807, 2.05) is 32.9 Å². The highest BCUT2D eigenvalue weighted by molar-refractivity contribution is 5.91. The van der Waals surface area contributed by atoms with Crippen molar-refractivity contribution in [3.63, 3.8) is 0 Å². The number of nitrogens with two attached hydrogens (primary N) is 1. The average Bonchev–Trinajstić information content (AvgIpc) is 2.26. The summed E-state index contributed by atoms with van der Waals surface area (Å²) < 4.78 is 5.29. The topological polar surface area (TPSA) is 64.3 Å². The van der Waals surface area contributed by atoms with Crippen LogP contribution in [-0.4, -0.2) is 19.1 Å². The summed E-state index contributed by atoms with van der Waals surface area (Å²) in [5.41, 5.74) is 8.46. The SMILES string of the molecule is COc1c(C)cc(NC(=O)CCC(C)N)cc1C. The summed E-state index contributed by atoms with van der Waals surface area (Å²) >= 11 is 0. The summed E-state index contributed by atoms with van der Waals surface area (Å²) in [6, 6.07) is 3.88. The number of benzene rings is 1. The molecule has 1 aromatic carbocycles. The van der Waals surface area contributed by atoms with Crippen molar-refractivity contribution in [2.24, 2.45) is 5.73 Å². The molecule has 0 aliphatic carbocycles. The Morgan fingerprint density at radius 1 is 1.39 bits per heavy atom. The number of carbonyl (C=O) groups is 1. The molecule has 0 heterocycles. The van der Waals surface area contributed by atoms with E-state index in [0.717, 1.165) is 22.6 Å². The highest BCUT2D eigenvalue weighted by Crippen LogP contribution is 2.26. The van der Waals surface area contributed by atoms with Gasteiger partial charge in [0.15, 0.2) is 0 Å².